The molecule has 70 valence electrons. The van der Waals surface area contributed by atoms with Crippen LogP contribution in [0, 0.1) is 23.7 Å². The Morgan fingerprint density at radius 1 is 0.929 bits per heavy atom. The molecule has 0 fully saturated rings. The van der Waals surface area contributed by atoms with Crippen LogP contribution in [0.3, 0.4) is 0 Å². The summed E-state index contributed by atoms with van der Waals surface area (Å²) in [6, 6.07) is 0. The molecule has 0 heterocycles. The van der Waals surface area contributed by atoms with Gasteiger partial charge in [-0.2, -0.15) is 0 Å². The maximum atomic E-state index is 11.6. The van der Waals surface area contributed by atoms with Gasteiger partial charge in [-0.25, -0.2) is 0 Å². The van der Waals surface area contributed by atoms with Crippen molar-refractivity contribution >= 4 is 5.78 Å². The lowest BCUT2D eigenvalue weighted by Crippen LogP contribution is -1.98. The van der Waals surface area contributed by atoms with Crippen LogP contribution in [-0.2, 0) is 4.79 Å². The second-order valence-electron chi connectivity index (χ2n) is 3.60. The molecule has 0 atom stereocenters. The maximum absolute atomic E-state index is 11.6. The summed E-state index contributed by atoms with van der Waals surface area (Å²) in [5.41, 5.74) is 1.93. The summed E-state index contributed by atoms with van der Waals surface area (Å²) in [5, 5.41) is 0. The minimum absolute atomic E-state index is 0.00806. The molecule has 0 amide bonds. The molecule has 0 saturated carbocycles. The number of allylic oxidation sites excluding steroid dienone is 2. The molecule has 0 saturated heterocycles. The summed E-state index contributed by atoms with van der Waals surface area (Å²) >= 11 is 0. The van der Waals surface area contributed by atoms with Gasteiger partial charge in [-0.15, -0.1) is 0 Å². The number of hydrogen-bond donors (Lipinski definition) is 0. The highest BCUT2D eigenvalue weighted by Crippen LogP contribution is 2.26. The minimum atomic E-state index is 0.00806. The fraction of sp³-hybridized carbons (Fsp3) is 0.462. The van der Waals surface area contributed by atoms with Crippen molar-refractivity contribution in [1.29, 1.82) is 0 Å². The number of ketones is 1. The molecule has 0 radical (unpaired) electrons. The number of hydrogen-bond acceptors (Lipinski definition) is 1. The van der Waals surface area contributed by atoms with Gasteiger partial charge in [0.25, 0.3) is 0 Å². The Morgan fingerprint density at radius 3 is 2.57 bits per heavy atom. The van der Waals surface area contributed by atoms with Gasteiger partial charge >= 0.3 is 0 Å². The average Bonchev–Trinajstić information content (AvgIpc) is 2.64. The van der Waals surface area contributed by atoms with Crippen molar-refractivity contribution in [3.63, 3.8) is 0 Å². The summed E-state index contributed by atoms with van der Waals surface area (Å²) in [5.74, 6) is 11.9. The highest BCUT2D eigenvalue weighted by Gasteiger charge is 2.18. The minimum Gasteiger partial charge on any atom is -0.280 e. The Hall–Kier alpha value is -1.47. The fourth-order valence-electron chi connectivity index (χ4n) is 1.78. The molecule has 1 nitrogen and oxygen atoms in total. The van der Waals surface area contributed by atoms with Crippen LogP contribution in [0.4, 0.5) is 0 Å². The van der Waals surface area contributed by atoms with Crippen LogP contribution in [-0.4, -0.2) is 5.78 Å². The first-order valence-corrected chi connectivity index (χ1v) is 5.12. The SMILES string of the molecule is O=C1C#CCCCC#CC2=C1CCC2. The Morgan fingerprint density at radius 2 is 1.71 bits per heavy atom. The standard InChI is InChI=1S/C13H12O/c14-13-10-5-3-1-2-4-7-11-8-6-9-12(11)13/h1-3,6,8-9H2. The molecule has 1 heteroatoms. The van der Waals surface area contributed by atoms with Crippen molar-refractivity contribution in [3.05, 3.63) is 11.1 Å². The van der Waals surface area contributed by atoms with E-state index in [9.17, 15) is 4.79 Å². The van der Waals surface area contributed by atoms with E-state index in [0.29, 0.717) is 0 Å². The molecule has 2 aliphatic rings. The van der Waals surface area contributed by atoms with Crippen LogP contribution in [0.5, 0.6) is 0 Å². The predicted octanol–water partition coefficient (Wildman–Crippen LogP) is 2.23. The van der Waals surface area contributed by atoms with E-state index < -0.39 is 0 Å². The lowest BCUT2D eigenvalue weighted by atomic mass is 10.1. The van der Waals surface area contributed by atoms with Crippen LogP contribution in [0.2, 0.25) is 0 Å². The van der Waals surface area contributed by atoms with Crippen molar-refractivity contribution < 1.29 is 4.79 Å². The molecule has 0 aromatic carbocycles. The largest absolute Gasteiger partial charge is 0.280 e. The number of carbonyl (C=O) groups is 1. The van der Waals surface area contributed by atoms with Gasteiger partial charge < -0.3 is 0 Å². The fourth-order valence-corrected chi connectivity index (χ4v) is 1.78. The van der Waals surface area contributed by atoms with Gasteiger partial charge in [-0.1, -0.05) is 17.8 Å². The first-order valence-electron chi connectivity index (χ1n) is 5.12. The van der Waals surface area contributed by atoms with E-state index in [1.807, 2.05) is 0 Å². The maximum Gasteiger partial charge on any atom is 0.232 e. The number of Topliss-reactive ketones (excluding diaryl/α,β-unsaturated/α-hetero) is 1. The topological polar surface area (TPSA) is 17.1 Å². The van der Waals surface area contributed by atoms with Crippen molar-refractivity contribution in [1.82, 2.24) is 0 Å². The zero-order chi connectivity index (χ0) is 9.80. The van der Waals surface area contributed by atoms with Gasteiger partial charge in [-0.05, 0) is 31.6 Å². The monoisotopic (exact) mass is 184 g/mol. The summed E-state index contributed by atoms with van der Waals surface area (Å²) in [7, 11) is 0. The van der Waals surface area contributed by atoms with Crippen LogP contribution < -0.4 is 0 Å². The molecule has 2 rings (SSSR count). The van der Waals surface area contributed by atoms with E-state index in [1.54, 1.807) is 0 Å². The van der Waals surface area contributed by atoms with Gasteiger partial charge in [0.2, 0.25) is 5.78 Å². The zero-order valence-electron chi connectivity index (χ0n) is 8.15. The van der Waals surface area contributed by atoms with Gasteiger partial charge in [-0.3, -0.25) is 4.79 Å². The smallest absolute Gasteiger partial charge is 0.232 e. The average molecular weight is 184 g/mol. The van der Waals surface area contributed by atoms with Crippen LogP contribution in [0.15, 0.2) is 11.1 Å². The van der Waals surface area contributed by atoms with Gasteiger partial charge in [0, 0.05) is 24.0 Å². The molecule has 0 bridgehead atoms. The molecule has 14 heavy (non-hydrogen) atoms. The quantitative estimate of drug-likeness (QED) is 0.417. The molecule has 0 N–H and O–H groups in total. The van der Waals surface area contributed by atoms with E-state index in [2.05, 4.69) is 23.7 Å². The van der Waals surface area contributed by atoms with Crippen molar-refractivity contribution in [2.24, 2.45) is 0 Å². The highest BCUT2D eigenvalue weighted by atomic mass is 16.1. The van der Waals surface area contributed by atoms with Crippen molar-refractivity contribution in [3.8, 4) is 23.7 Å². The van der Waals surface area contributed by atoms with Gasteiger partial charge in [0.05, 0.1) is 0 Å². The molecular weight excluding hydrogens is 172 g/mol. The van der Waals surface area contributed by atoms with Crippen molar-refractivity contribution in [2.45, 2.75) is 38.5 Å². The van der Waals surface area contributed by atoms with Gasteiger partial charge in [0.15, 0.2) is 0 Å². The lowest BCUT2D eigenvalue weighted by molar-refractivity contribution is -0.110. The van der Waals surface area contributed by atoms with E-state index >= 15 is 0 Å². The Bertz CT molecular complexity index is 404. The first kappa shape index (κ1) is 9.10. The Balaban J connectivity index is 2.35. The third-order valence-electron chi connectivity index (χ3n) is 2.54. The molecule has 0 aliphatic heterocycles. The number of carbonyl (C=O) groups excluding carboxylic acids is 1. The molecule has 0 aromatic rings. The van der Waals surface area contributed by atoms with Crippen LogP contribution in [0.25, 0.3) is 0 Å². The normalized spacial score (nSPS) is 20.4. The molecule has 0 aromatic heterocycles. The van der Waals surface area contributed by atoms with E-state index in [0.717, 1.165) is 49.7 Å². The zero-order valence-corrected chi connectivity index (χ0v) is 8.15. The molecular formula is C13H12O. The summed E-state index contributed by atoms with van der Waals surface area (Å²) in [4.78, 5) is 11.6. The lowest BCUT2D eigenvalue weighted by Gasteiger charge is -1.96. The van der Waals surface area contributed by atoms with Crippen molar-refractivity contribution in [2.75, 3.05) is 0 Å². The number of rotatable bonds is 0. The molecule has 0 spiro atoms. The Labute approximate surface area is 84.6 Å². The Kier molecular flexibility index (Phi) is 2.70. The van der Waals surface area contributed by atoms with E-state index in [-0.39, 0.29) is 5.78 Å². The third kappa shape index (κ3) is 1.88. The predicted molar refractivity (Wildman–Crippen MR) is 55.3 cm³/mol. The second kappa shape index (κ2) is 4.16. The van der Waals surface area contributed by atoms with E-state index in [1.165, 1.54) is 0 Å². The summed E-state index contributed by atoms with van der Waals surface area (Å²) in [6.45, 7) is 0. The van der Waals surface area contributed by atoms with E-state index in [4.69, 9.17) is 0 Å². The second-order valence-corrected chi connectivity index (χ2v) is 3.60. The summed E-state index contributed by atoms with van der Waals surface area (Å²) < 4.78 is 0. The van der Waals surface area contributed by atoms with Crippen LogP contribution >= 0.6 is 0 Å². The summed E-state index contributed by atoms with van der Waals surface area (Å²) in [6.07, 6.45) is 5.58. The highest BCUT2D eigenvalue weighted by molar-refractivity contribution is 6.09. The molecule has 2 aliphatic carbocycles. The first-order chi connectivity index (χ1) is 6.88. The van der Waals surface area contributed by atoms with Gasteiger partial charge in [0.1, 0.15) is 0 Å². The third-order valence-corrected chi connectivity index (χ3v) is 2.54. The van der Waals surface area contributed by atoms with Crippen LogP contribution in [0.1, 0.15) is 38.5 Å². The molecule has 0 unspecified atom stereocenters.